The van der Waals surface area contributed by atoms with E-state index in [-0.39, 0.29) is 5.16 Å². The number of hydrogen-bond acceptors (Lipinski definition) is 4. The third-order valence-corrected chi connectivity index (χ3v) is 3.97. The van der Waals surface area contributed by atoms with Crippen molar-refractivity contribution < 1.29 is 8.42 Å². The summed E-state index contributed by atoms with van der Waals surface area (Å²) >= 11 is 0. The van der Waals surface area contributed by atoms with Crippen LogP contribution in [0.2, 0.25) is 0 Å². The van der Waals surface area contributed by atoms with E-state index in [1.807, 2.05) is 52.8 Å². The molecule has 114 valence electrons. The molecule has 0 unspecified atom stereocenters. The van der Waals surface area contributed by atoms with Crippen LogP contribution in [0.25, 0.3) is 11.4 Å². The van der Waals surface area contributed by atoms with Gasteiger partial charge >= 0.3 is 0 Å². The zero-order valence-electron chi connectivity index (χ0n) is 12.9. The molecule has 1 aromatic carbocycles. The van der Waals surface area contributed by atoms with Crippen LogP contribution in [-0.2, 0) is 15.6 Å². The van der Waals surface area contributed by atoms with Gasteiger partial charge in [-0.3, -0.25) is 4.57 Å². The average molecular weight is 308 g/mol. The van der Waals surface area contributed by atoms with Crippen LogP contribution in [0.4, 0.5) is 0 Å². The molecular weight excluding hydrogens is 288 g/mol. The molecule has 2 aromatic rings. The number of aromatic nitrogens is 3. The van der Waals surface area contributed by atoms with E-state index < -0.39 is 15.6 Å². The summed E-state index contributed by atoms with van der Waals surface area (Å²) in [4.78, 5) is 0. The maximum Gasteiger partial charge on any atom is 0.273 e. The number of benzene rings is 1. The summed E-state index contributed by atoms with van der Waals surface area (Å²) in [7, 11) is -3.94. The minimum Gasteiger partial charge on any atom is -0.291 e. The number of primary sulfonamides is 1. The highest BCUT2D eigenvalue weighted by Crippen LogP contribution is 2.30. The lowest BCUT2D eigenvalue weighted by molar-refractivity contribution is 0.366. The highest BCUT2D eigenvalue weighted by molar-refractivity contribution is 7.89. The van der Waals surface area contributed by atoms with E-state index >= 15 is 0 Å². The minimum absolute atomic E-state index is 0.217. The largest absolute Gasteiger partial charge is 0.291 e. The summed E-state index contributed by atoms with van der Waals surface area (Å²) < 4.78 is 25.1. The van der Waals surface area contributed by atoms with Gasteiger partial charge in [0.15, 0.2) is 5.82 Å². The van der Waals surface area contributed by atoms with Crippen LogP contribution in [0.15, 0.2) is 23.4 Å². The number of hydrogen-bond donors (Lipinski definition) is 1. The number of sulfonamides is 1. The third kappa shape index (κ3) is 2.98. The maximum absolute atomic E-state index is 11.8. The molecule has 0 radical (unpaired) electrons. The molecule has 1 heterocycles. The molecule has 0 saturated carbocycles. The standard InChI is InChI=1S/C14H20N4O2S/c1-9-6-7-10(2)11(8-9)12-16-17-13(21(15,19)20)18(12)14(3,4)5/h6-8H,1-5H3,(H2,15,19,20). The highest BCUT2D eigenvalue weighted by Gasteiger charge is 2.29. The Morgan fingerprint density at radius 1 is 1.14 bits per heavy atom. The quantitative estimate of drug-likeness (QED) is 0.918. The Morgan fingerprint density at radius 3 is 2.29 bits per heavy atom. The van der Waals surface area contributed by atoms with Crippen molar-refractivity contribution in [2.75, 3.05) is 0 Å². The fraction of sp³-hybridized carbons (Fsp3) is 0.429. The Kier molecular flexibility index (Phi) is 3.67. The summed E-state index contributed by atoms with van der Waals surface area (Å²) in [6.07, 6.45) is 0. The van der Waals surface area contributed by atoms with Gasteiger partial charge in [0.05, 0.1) is 0 Å². The lowest BCUT2D eigenvalue weighted by Crippen LogP contribution is -2.29. The van der Waals surface area contributed by atoms with E-state index in [0.29, 0.717) is 5.82 Å². The van der Waals surface area contributed by atoms with Crippen LogP contribution < -0.4 is 5.14 Å². The van der Waals surface area contributed by atoms with Crippen molar-refractivity contribution in [1.29, 1.82) is 0 Å². The first-order chi connectivity index (χ1) is 9.51. The smallest absolute Gasteiger partial charge is 0.273 e. The molecule has 2 N–H and O–H groups in total. The second kappa shape index (κ2) is 4.92. The van der Waals surface area contributed by atoms with Gasteiger partial charge in [0.1, 0.15) is 0 Å². The van der Waals surface area contributed by atoms with Crippen molar-refractivity contribution in [1.82, 2.24) is 14.8 Å². The van der Waals surface area contributed by atoms with Crippen LogP contribution in [-0.4, -0.2) is 23.2 Å². The summed E-state index contributed by atoms with van der Waals surface area (Å²) in [6, 6.07) is 5.94. The van der Waals surface area contributed by atoms with Crippen LogP contribution in [0, 0.1) is 13.8 Å². The van der Waals surface area contributed by atoms with E-state index in [2.05, 4.69) is 10.2 Å². The zero-order valence-corrected chi connectivity index (χ0v) is 13.7. The lowest BCUT2D eigenvalue weighted by atomic mass is 10.0. The Morgan fingerprint density at radius 2 is 1.76 bits per heavy atom. The van der Waals surface area contributed by atoms with Crippen molar-refractivity contribution in [3.05, 3.63) is 29.3 Å². The van der Waals surface area contributed by atoms with E-state index in [4.69, 9.17) is 5.14 Å². The number of nitrogens with two attached hydrogens (primary N) is 1. The van der Waals surface area contributed by atoms with Crippen molar-refractivity contribution in [2.24, 2.45) is 5.14 Å². The average Bonchev–Trinajstić information content (AvgIpc) is 2.76. The van der Waals surface area contributed by atoms with E-state index in [1.54, 1.807) is 4.57 Å². The van der Waals surface area contributed by atoms with E-state index in [1.165, 1.54) is 0 Å². The number of nitrogens with zero attached hydrogens (tertiary/aromatic N) is 3. The first-order valence-corrected chi connectivity index (χ1v) is 8.13. The monoisotopic (exact) mass is 308 g/mol. The predicted octanol–water partition coefficient (Wildman–Crippen LogP) is 1.96. The molecule has 21 heavy (non-hydrogen) atoms. The molecule has 0 atom stereocenters. The first-order valence-electron chi connectivity index (χ1n) is 6.58. The molecule has 7 heteroatoms. The molecule has 0 aliphatic carbocycles. The van der Waals surface area contributed by atoms with Gasteiger partial charge < -0.3 is 0 Å². The maximum atomic E-state index is 11.8. The van der Waals surface area contributed by atoms with Gasteiger partial charge in [0.2, 0.25) is 0 Å². The molecule has 0 fully saturated rings. The van der Waals surface area contributed by atoms with Crippen molar-refractivity contribution >= 4 is 10.0 Å². The Hall–Kier alpha value is -1.73. The molecule has 0 amide bonds. The van der Waals surface area contributed by atoms with Crippen molar-refractivity contribution in [3.8, 4) is 11.4 Å². The molecule has 1 aromatic heterocycles. The van der Waals surface area contributed by atoms with Gasteiger partial charge in [-0.05, 0) is 46.2 Å². The Balaban J connectivity index is 2.83. The predicted molar refractivity (Wildman–Crippen MR) is 81.3 cm³/mol. The van der Waals surface area contributed by atoms with Gasteiger partial charge in [0, 0.05) is 11.1 Å². The molecule has 2 rings (SSSR count). The number of rotatable bonds is 2. The molecule has 0 bridgehead atoms. The van der Waals surface area contributed by atoms with Gasteiger partial charge in [0.25, 0.3) is 15.2 Å². The molecule has 6 nitrogen and oxygen atoms in total. The van der Waals surface area contributed by atoms with Crippen LogP contribution >= 0.6 is 0 Å². The second-order valence-electron chi connectivity index (χ2n) is 6.18. The molecule has 0 saturated heterocycles. The van der Waals surface area contributed by atoms with Gasteiger partial charge in [-0.15, -0.1) is 10.2 Å². The minimum atomic E-state index is -3.94. The topological polar surface area (TPSA) is 90.9 Å². The second-order valence-corrected chi connectivity index (χ2v) is 7.63. The van der Waals surface area contributed by atoms with E-state index in [0.717, 1.165) is 16.7 Å². The van der Waals surface area contributed by atoms with Crippen LogP contribution in [0.5, 0.6) is 0 Å². The molecule has 0 spiro atoms. The fourth-order valence-corrected chi connectivity index (χ4v) is 2.98. The SMILES string of the molecule is Cc1ccc(C)c(-c2nnc(S(N)(=O)=O)n2C(C)(C)C)c1. The van der Waals surface area contributed by atoms with E-state index in [9.17, 15) is 8.42 Å². The molecular formula is C14H20N4O2S. The van der Waals surface area contributed by atoms with Crippen LogP contribution in [0.1, 0.15) is 31.9 Å². The van der Waals surface area contributed by atoms with Crippen LogP contribution in [0.3, 0.4) is 0 Å². The summed E-state index contributed by atoms with van der Waals surface area (Å²) in [5.41, 5.74) is 2.40. The Bertz CT molecular complexity index is 786. The van der Waals surface area contributed by atoms with Gasteiger partial charge in [-0.1, -0.05) is 17.7 Å². The Labute approximate surface area is 125 Å². The van der Waals surface area contributed by atoms with Gasteiger partial charge in [-0.2, -0.15) is 0 Å². The summed E-state index contributed by atoms with van der Waals surface area (Å²) in [5, 5.41) is 12.9. The normalized spacial score (nSPS) is 12.7. The molecule has 0 aliphatic rings. The summed E-state index contributed by atoms with van der Waals surface area (Å²) in [6.45, 7) is 9.59. The zero-order chi connectivity index (χ0) is 16.0. The number of aryl methyl sites for hydroxylation is 2. The summed E-state index contributed by atoms with van der Waals surface area (Å²) in [5.74, 6) is 0.507. The highest BCUT2D eigenvalue weighted by atomic mass is 32.2. The van der Waals surface area contributed by atoms with Gasteiger partial charge in [-0.25, -0.2) is 13.6 Å². The van der Waals surface area contributed by atoms with Crippen molar-refractivity contribution in [3.63, 3.8) is 0 Å². The lowest BCUT2D eigenvalue weighted by Gasteiger charge is -2.24. The fourth-order valence-electron chi connectivity index (χ4n) is 2.21. The molecule has 0 aliphatic heterocycles. The first kappa shape index (κ1) is 15.7. The third-order valence-electron chi connectivity index (χ3n) is 3.19. The van der Waals surface area contributed by atoms with Crippen molar-refractivity contribution in [2.45, 2.75) is 45.3 Å².